The van der Waals surface area contributed by atoms with Crippen LogP contribution in [-0.2, 0) is 0 Å². The zero-order valence-corrected chi connectivity index (χ0v) is 19.8. The van der Waals surface area contributed by atoms with Gasteiger partial charge in [-0.3, -0.25) is 0 Å². The van der Waals surface area contributed by atoms with Gasteiger partial charge in [0.1, 0.15) is 6.10 Å². The van der Waals surface area contributed by atoms with E-state index >= 15 is 0 Å². The monoisotopic (exact) mass is 458 g/mol. The molecular weight excluding hydrogens is 420 g/mol. The molecule has 2 aliphatic rings. The third-order valence-electron chi connectivity index (χ3n) is 7.40. The van der Waals surface area contributed by atoms with E-state index in [-0.39, 0.29) is 0 Å². The highest BCUT2D eigenvalue weighted by Crippen LogP contribution is 2.38. The molecule has 0 radical (unpaired) electrons. The van der Waals surface area contributed by atoms with Gasteiger partial charge in [-0.25, -0.2) is 0 Å². The van der Waals surface area contributed by atoms with Crippen LogP contribution < -0.4 is 0 Å². The molecule has 2 heteroatoms. The van der Waals surface area contributed by atoms with Crippen LogP contribution >= 0.6 is 15.9 Å². The van der Waals surface area contributed by atoms with Crippen molar-refractivity contribution in [3.05, 3.63) is 34.3 Å². The van der Waals surface area contributed by atoms with Crippen molar-refractivity contribution in [2.75, 3.05) is 0 Å². The summed E-state index contributed by atoms with van der Waals surface area (Å²) in [6.45, 7) is 2.33. The average Bonchev–Trinajstić information content (AvgIpc) is 2.74. The van der Waals surface area contributed by atoms with Crippen molar-refractivity contribution in [3.8, 4) is 11.8 Å². The van der Waals surface area contributed by atoms with Crippen molar-refractivity contribution in [1.82, 2.24) is 0 Å². The van der Waals surface area contributed by atoms with E-state index in [1.54, 1.807) is 0 Å². The zero-order valence-electron chi connectivity index (χ0n) is 18.2. The largest absolute Gasteiger partial charge is 0.380 e. The number of halogens is 1. The minimum Gasteiger partial charge on any atom is -0.380 e. The molecule has 1 unspecified atom stereocenters. The maximum absolute atomic E-state index is 10.3. The summed E-state index contributed by atoms with van der Waals surface area (Å²) in [7, 11) is 0. The Kier molecular flexibility index (Phi) is 9.60. The van der Waals surface area contributed by atoms with Crippen LogP contribution in [0.2, 0.25) is 0 Å². The molecule has 0 spiro atoms. The van der Waals surface area contributed by atoms with Crippen LogP contribution in [0.5, 0.6) is 0 Å². The van der Waals surface area contributed by atoms with Crippen LogP contribution in [0.4, 0.5) is 0 Å². The lowest BCUT2D eigenvalue weighted by Crippen LogP contribution is -2.20. The molecule has 0 amide bonds. The highest BCUT2D eigenvalue weighted by Gasteiger charge is 2.25. The highest BCUT2D eigenvalue weighted by molar-refractivity contribution is 9.10. The van der Waals surface area contributed by atoms with E-state index in [2.05, 4.69) is 34.7 Å². The Morgan fingerprint density at radius 1 is 0.828 bits per heavy atom. The third-order valence-corrected chi connectivity index (χ3v) is 7.93. The molecular formula is C27H39BrO. The molecule has 29 heavy (non-hydrogen) atoms. The summed E-state index contributed by atoms with van der Waals surface area (Å²) in [5, 5.41) is 10.3. The molecule has 2 aliphatic carbocycles. The molecule has 1 aromatic rings. The van der Waals surface area contributed by atoms with Gasteiger partial charge in [-0.15, -0.1) is 0 Å². The van der Waals surface area contributed by atoms with Crippen LogP contribution in [0.1, 0.15) is 96.0 Å². The van der Waals surface area contributed by atoms with E-state index in [1.165, 1.54) is 77.0 Å². The molecule has 1 atom stereocenters. The fourth-order valence-corrected chi connectivity index (χ4v) is 5.78. The van der Waals surface area contributed by atoms with Gasteiger partial charge in [0, 0.05) is 10.0 Å². The highest BCUT2D eigenvalue weighted by atomic mass is 79.9. The number of aliphatic hydroxyl groups excluding tert-OH is 1. The topological polar surface area (TPSA) is 20.2 Å². The van der Waals surface area contributed by atoms with Gasteiger partial charge >= 0.3 is 0 Å². The Labute approximate surface area is 187 Å². The maximum Gasteiger partial charge on any atom is 0.115 e. The predicted octanol–water partition coefficient (Wildman–Crippen LogP) is 7.74. The second-order valence-corrected chi connectivity index (χ2v) is 10.6. The first kappa shape index (κ1) is 22.9. The number of hydrogen-bond donors (Lipinski definition) is 1. The molecule has 2 fully saturated rings. The van der Waals surface area contributed by atoms with Gasteiger partial charge in [0.25, 0.3) is 0 Å². The SMILES string of the molecule is CCCC1CCC(CCC2CCC(CC(O)C#Cc3ccc(Br)cc3)CC2)CC1. The van der Waals surface area contributed by atoms with E-state index in [1.807, 2.05) is 24.3 Å². The van der Waals surface area contributed by atoms with E-state index in [4.69, 9.17) is 0 Å². The van der Waals surface area contributed by atoms with Crippen LogP contribution in [-0.4, -0.2) is 11.2 Å². The Balaban J connectivity index is 1.31. The van der Waals surface area contributed by atoms with Crippen molar-refractivity contribution in [2.45, 2.75) is 96.5 Å². The first-order valence-corrected chi connectivity index (χ1v) is 12.9. The molecule has 2 saturated carbocycles. The smallest absolute Gasteiger partial charge is 0.115 e. The quantitative estimate of drug-likeness (QED) is 0.414. The van der Waals surface area contributed by atoms with Gasteiger partial charge in [0.05, 0.1) is 0 Å². The minimum atomic E-state index is -0.487. The predicted molar refractivity (Wildman–Crippen MR) is 127 cm³/mol. The lowest BCUT2D eigenvalue weighted by Gasteiger charge is -2.32. The number of rotatable bonds is 7. The molecule has 3 rings (SSSR count). The minimum absolute atomic E-state index is 0.487. The van der Waals surface area contributed by atoms with Gasteiger partial charge in [-0.05, 0) is 54.4 Å². The Hall–Kier alpha value is -0.780. The van der Waals surface area contributed by atoms with E-state index < -0.39 is 6.10 Å². The van der Waals surface area contributed by atoms with E-state index in [9.17, 15) is 5.11 Å². The van der Waals surface area contributed by atoms with Crippen LogP contribution in [0.3, 0.4) is 0 Å². The summed E-state index contributed by atoms with van der Waals surface area (Å²) in [6, 6.07) is 7.97. The van der Waals surface area contributed by atoms with Gasteiger partial charge in [0.2, 0.25) is 0 Å². The summed E-state index contributed by atoms with van der Waals surface area (Å²) in [5.74, 6) is 9.80. The van der Waals surface area contributed by atoms with Gasteiger partial charge in [0.15, 0.2) is 0 Å². The molecule has 0 bridgehead atoms. The number of aliphatic hydroxyl groups is 1. The zero-order chi connectivity index (χ0) is 20.5. The van der Waals surface area contributed by atoms with E-state index in [0.29, 0.717) is 5.92 Å². The maximum atomic E-state index is 10.3. The second-order valence-electron chi connectivity index (χ2n) is 9.67. The van der Waals surface area contributed by atoms with E-state index in [0.717, 1.165) is 34.2 Å². The lowest BCUT2D eigenvalue weighted by atomic mass is 9.74. The van der Waals surface area contributed by atoms with Crippen LogP contribution in [0.15, 0.2) is 28.7 Å². The number of benzene rings is 1. The normalized spacial score (nSPS) is 28.4. The van der Waals surface area contributed by atoms with Crippen molar-refractivity contribution >= 4 is 15.9 Å². The first-order valence-electron chi connectivity index (χ1n) is 12.1. The van der Waals surface area contributed by atoms with Crippen molar-refractivity contribution < 1.29 is 5.11 Å². The van der Waals surface area contributed by atoms with Gasteiger partial charge in [-0.2, -0.15) is 0 Å². The fourth-order valence-electron chi connectivity index (χ4n) is 5.52. The summed E-state index contributed by atoms with van der Waals surface area (Å²) in [6.07, 6.45) is 17.3. The van der Waals surface area contributed by atoms with Crippen molar-refractivity contribution in [1.29, 1.82) is 0 Å². The fraction of sp³-hybridized carbons (Fsp3) is 0.704. The molecule has 0 aliphatic heterocycles. The van der Waals surface area contributed by atoms with Crippen molar-refractivity contribution in [3.63, 3.8) is 0 Å². The van der Waals surface area contributed by atoms with Gasteiger partial charge in [-0.1, -0.05) is 112 Å². The Bertz CT molecular complexity index is 639. The molecule has 0 heterocycles. The Morgan fingerprint density at radius 3 is 1.83 bits per heavy atom. The average molecular weight is 460 g/mol. The molecule has 1 nitrogen and oxygen atoms in total. The third kappa shape index (κ3) is 8.10. The summed E-state index contributed by atoms with van der Waals surface area (Å²) in [5.41, 5.74) is 0.972. The summed E-state index contributed by atoms with van der Waals surface area (Å²) >= 11 is 3.44. The van der Waals surface area contributed by atoms with Crippen LogP contribution in [0.25, 0.3) is 0 Å². The molecule has 160 valence electrons. The molecule has 0 saturated heterocycles. The van der Waals surface area contributed by atoms with Crippen molar-refractivity contribution in [2.24, 2.45) is 23.7 Å². The summed E-state index contributed by atoms with van der Waals surface area (Å²) < 4.78 is 1.06. The van der Waals surface area contributed by atoms with Crippen LogP contribution in [0, 0.1) is 35.5 Å². The summed E-state index contributed by atoms with van der Waals surface area (Å²) in [4.78, 5) is 0. The number of hydrogen-bond acceptors (Lipinski definition) is 1. The van der Waals surface area contributed by atoms with Gasteiger partial charge < -0.3 is 5.11 Å². The molecule has 0 aromatic heterocycles. The second kappa shape index (κ2) is 12.2. The molecule has 1 aromatic carbocycles. The lowest BCUT2D eigenvalue weighted by molar-refractivity contribution is 0.157. The molecule has 1 N–H and O–H groups in total. The first-order chi connectivity index (χ1) is 14.1. The Morgan fingerprint density at radius 2 is 1.31 bits per heavy atom. The standard InChI is InChI=1S/C27H39BrO/c1-2-3-21-4-6-22(7-5-21)8-9-23-10-12-25(13-11-23)20-27(29)19-16-24-14-17-26(28)18-15-24/h14-15,17-18,21-23,25,27,29H,2-13,20H2,1H3.